The van der Waals surface area contributed by atoms with Gasteiger partial charge in [-0.25, -0.2) is 0 Å². The summed E-state index contributed by atoms with van der Waals surface area (Å²) in [4.78, 5) is 10.9. The number of benzene rings is 1. The van der Waals surface area contributed by atoms with Crippen LogP contribution in [0.2, 0.25) is 0 Å². The van der Waals surface area contributed by atoms with Crippen LogP contribution in [0.15, 0.2) is 18.2 Å². The van der Waals surface area contributed by atoms with Gasteiger partial charge in [0.2, 0.25) is 5.91 Å². The van der Waals surface area contributed by atoms with E-state index in [1.54, 1.807) is 12.1 Å². The highest BCUT2D eigenvalue weighted by Crippen LogP contribution is 2.12. The predicted molar refractivity (Wildman–Crippen MR) is 75.8 cm³/mol. The van der Waals surface area contributed by atoms with Gasteiger partial charge in [-0.3, -0.25) is 4.79 Å². The molecule has 0 radical (unpaired) electrons. The minimum atomic E-state index is -1.69. The molecule has 8 heteroatoms. The molecule has 0 bridgehead atoms. The molecular weight excluding hydrogens is 270 g/mol. The number of nitrogens with one attached hydrogen (secondary N) is 2. The average molecular weight is 287 g/mol. The molecule has 0 spiro atoms. The largest absolute Gasteiger partial charge is 0.490 e. The van der Waals surface area contributed by atoms with Crippen LogP contribution in [-0.4, -0.2) is 46.7 Å². The monoisotopic (exact) mass is 286 g/mol. The fraction of sp³-hybridized carbons (Fsp3) is 0.364. The summed E-state index contributed by atoms with van der Waals surface area (Å²) in [5, 5.41) is 33.3. The molecule has 1 atom stereocenters. The molecule has 5 N–H and O–H groups in total. The molecule has 0 aromatic heterocycles. The number of amides is 1. The van der Waals surface area contributed by atoms with Gasteiger partial charge in [0.25, 0.3) is 0 Å². The summed E-state index contributed by atoms with van der Waals surface area (Å²) < 4.78 is 0. The standard InChI is InChI=1S/C11H16BClN2O4/c1-7(16)15-8-2-3-11(10(4-8)12(18)19)14-6-9(17)5-13/h2-4,9,14,17-19H,5-6H2,1H3,(H,15,16). The minimum Gasteiger partial charge on any atom is -0.423 e. The van der Waals surface area contributed by atoms with Crippen molar-refractivity contribution in [2.24, 2.45) is 0 Å². The average Bonchev–Trinajstić information content (AvgIpc) is 2.35. The van der Waals surface area contributed by atoms with Gasteiger partial charge in [-0.1, -0.05) is 0 Å². The number of carbonyl (C=O) groups is 1. The maximum absolute atomic E-state index is 10.9. The van der Waals surface area contributed by atoms with Crippen LogP contribution < -0.4 is 16.1 Å². The topological polar surface area (TPSA) is 102 Å². The van der Waals surface area contributed by atoms with E-state index < -0.39 is 13.2 Å². The first-order valence-corrected chi connectivity index (χ1v) is 6.23. The summed E-state index contributed by atoms with van der Waals surface area (Å²) in [7, 11) is -1.69. The van der Waals surface area contributed by atoms with Crippen LogP contribution in [0.25, 0.3) is 0 Å². The highest BCUT2D eigenvalue weighted by Gasteiger charge is 2.17. The Bertz CT molecular complexity index is 445. The zero-order valence-electron chi connectivity index (χ0n) is 10.4. The molecule has 0 saturated heterocycles. The molecule has 0 aliphatic rings. The van der Waals surface area contributed by atoms with Crippen LogP contribution >= 0.6 is 11.6 Å². The molecule has 1 rings (SSSR count). The lowest BCUT2D eigenvalue weighted by atomic mass is 9.78. The summed E-state index contributed by atoms with van der Waals surface area (Å²) in [5.74, 6) is -0.176. The van der Waals surface area contributed by atoms with Gasteiger partial charge in [-0.2, -0.15) is 0 Å². The SMILES string of the molecule is CC(=O)Nc1ccc(NCC(O)CCl)c(B(O)O)c1. The lowest BCUT2D eigenvalue weighted by Crippen LogP contribution is -2.34. The van der Waals surface area contributed by atoms with Crippen molar-refractivity contribution in [1.29, 1.82) is 0 Å². The van der Waals surface area contributed by atoms with E-state index in [1.807, 2.05) is 0 Å². The van der Waals surface area contributed by atoms with Crippen LogP contribution in [0.4, 0.5) is 11.4 Å². The third kappa shape index (κ3) is 5.08. The van der Waals surface area contributed by atoms with E-state index in [4.69, 9.17) is 11.6 Å². The number of halogens is 1. The van der Waals surface area contributed by atoms with Gasteiger partial charge >= 0.3 is 7.12 Å². The fourth-order valence-electron chi connectivity index (χ4n) is 1.50. The summed E-state index contributed by atoms with van der Waals surface area (Å²) in [6.07, 6.45) is -0.736. The van der Waals surface area contributed by atoms with Gasteiger partial charge in [0.15, 0.2) is 0 Å². The van der Waals surface area contributed by atoms with Gasteiger partial charge < -0.3 is 25.8 Å². The molecule has 0 heterocycles. The molecule has 19 heavy (non-hydrogen) atoms. The summed E-state index contributed by atoms with van der Waals surface area (Å²) >= 11 is 5.47. The second-order valence-electron chi connectivity index (χ2n) is 4.05. The highest BCUT2D eigenvalue weighted by molar-refractivity contribution is 6.60. The van der Waals surface area contributed by atoms with Crippen molar-refractivity contribution in [2.45, 2.75) is 13.0 Å². The Kier molecular flexibility index (Phi) is 6.10. The Morgan fingerprint density at radius 1 is 1.47 bits per heavy atom. The van der Waals surface area contributed by atoms with Crippen LogP contribution in [0.5, 0.6) is 0 Å². The lowest BCUT2D eigenvalue weighted by Gasteiger charge is -2.15. The van der Waals surface area contributed by atoms with Gasteiger partial charge in [0.1, 0.15) is 0 Å². The van der Waals surface area contributed by atoms with Crippen molar-refractivity contribution in [3.05, 3.63) is 18.2 Å². The fourth-order valence-corrected chi connectivity index (χ4v) is 1.61. The number of hydrogen-bond acceptors (Lipinski definition) is 5. The first kappa shape index (κ1) is 15.8. The number of rotatable bonds is 6. The van der Waals surface area contributed by atoms with E-state index in [9.17, 15) is 19.9 Å². The number of alkyl halides is 1. The predicted octanol–water partition coefficient (Wildman–Crippen LogP) is -0.664. The Labute approximate surface area is 116 Å². The summed E-state index contributed by atoms with van der Waals surface area (Å²) in [6.45, 7) is 1.54. The van der Waals surface area contributed by atoms with E-state index in [0.717, 1.165) is 0 Å². The van der Waals surface area contributed by atoms with E-state index in [0.29, 0.717) is 11.4 Å². The smallest absolute Gasteiger partial charge is 0.423 e. The van der Waals surface area contributed by atoms with E-state index in [1.165, 1.54) is 13.0 Å². The van der Waals surface area contributed by atoms with Crippen molar-refractivity contribution in [3.63, 3.8) is 0 Å². The third-order valence-corrected chi connectivity index (χ3v) is 2.71. The Morgan fingerprint density at radius 2 is 2.16 bits per heavy atom. The van der Waals surface area contributed by atoms with Crippen molar-refractivity contribution in [1.82, 2.24) is 0 Å². The second kappa shape index (κ2) is 7.35. The summed E-state index contributed by atoms with van der Waals surface area (Å²) in [5.41, 5.74) is 1.11. The second-order valence-corrected chi connectivity index (χ2v) is 4.35. The van der Waals surface area contributed by atoms with Crippen molar-refractivity contribution in [3.8, 4) is 0 Å². The van der Waals surface area contributed by atoms with Gasteiger partial charge in [0.05, 0.1) is 12.0 Å². The molecule has 1 aromatic rings. The zero-order valence-corrected chi connectivity index (χ0v) is 11.2. The molecule has 1 unspecified atom stereocenters. The Balaban J connectivity index is 2.88. The number of aliphatic hydroxyl groups is 1. The Hall–Kier alpha value is -1.28. The first-order valence-electron chi connectivity index (χ1n) is 5.69. The highest BCUT2D eigenvalue weighted by atomic mass is 35.5. The molecule has 1 aromatic carbocycles. The minimum absolute atomic E-state index is 0.0774. The number of aliphatic hydroxyl groups excluding tert-OH is 1. The zero-order chi connectivity index (χ0) is 14.4. The van der Waals surface area contributed by atoms with Gasteiger partial charge in [0, 0.05) is 30.3 Å². The molecule has 0 fully saturated rings. The van der Waals surface area contributed by atoms with Gasteiger partial charge in [-0.15, -0.1) is 11.6 Å². The van der Waals surface area contributed by atoms with Crippen LogP contribution in [0, 0.1) is 0 Å². The quantitative estimate of drug-likeness (QED) is 0.353. The van der Waals surface area contributed by atoms with Crippen molar-refractivity contribution in [2.75, 3.05) is 23.1 Å². The third-order valence-electron chi connectivity index (χ3n) is 2.36. The van der Waals surface area contributed by atoms with Gasteiger partial charge in [-0.05, 0) is 18.2 Å². The number of hydrogen-bond donors (Lipinski definition) is 5. The molecule has 104 valence electrons. The molecule has 1 amide bonds. The first-order chi connectivity index (χ1) is 8.93. The number of anilines is 2. The van der Waals surface area contributed by atoms with Crippen molar-refractivity contribution < 1.29 is 19.9 Å². The van der Waals surface area contributed by atoms with Crippen LogP contribution in [0.3, 0.4) is 0 Å². The normalized spacial score (nSPS) is 11.8. The van der Waals surface area contributed by atoms with Crippen LogP contribution in [0.1, 0.15) is 6.92 Å². The summed E-state index contributed by atoms with van der Waals surface area (Å²) in [6, 6.07) is 4.64. The molecule has 6 nitrogen and oxygen atoms in total. The maximum Gasteiger partial charge on any atom is 0.490 e. The molecule has 0 aliphatic heterocycles. The Morgan fingerprint density at radius 3 is 2.68 bits per heavy atom. The van der Waals surface area contributed by atoms with Crippen LogP contribution in [-0.2, 0) is 4.79 Å². The van der Waals surface area contributed by atoms with E-state index in [-0.39, 0.29) is 23.8 Å². The lowest BCUT2D eigenvalue weighted by molar-refractivity contribution is -0.114. The maximum atomic E-state index is 10.9. The molecule has 0 saturated carbocycles. The van der Waals surface area contributed by atoms with Crippen molar-refractivity contribution >= 4 is 41.5 Å². The molecule has 0 aliphatic carbocycles. The number of carbonyl (C=O) groups excluding carboxylic acids is 1. The van der Waals surface area contributed by atoms with E-state index in [2.05, 4.69) is 10.6 Å². The van der Waals surface area contributed by atoms with E-state index >= 15 is 0 Å². The molecular formula is C11H16BClN2O4.